The fraction of sp³-hybridized carbons (Fsp3) is 0.667. The van der Waals surface area contributed by atoms with Crippen molar-refractivity contribution in [2.24, 2.45) is 0 Å². The van der Waals surface area contributed by atoms with Gasteiger partial charge >= 0.3 is 0 Å². The van der Waals surface area contributed by atoms with E-state index in [9.17, 15) is 4.79 Å². The van der Waals surface area contributed by atoms with Gasteiger partial charge < -0.3 is 14.4 Å². The molecule has 4 heteroatoms. The lowest BCUT2D eigenvalue weighted by Crippen LogP contribution is -2.38. The molecule has 0 atom stereocenters. The van der Waals surface area contributed by atoms with Crippen LogP contribution in [0, 0.1) is 0 Å². The zero-order valence-corrected chi connectivity index (χ0v) is 11.4. The van der Waals surface area contributed by atoms with Gasteiger partial charge in [0.25, 0.3) is 0 Å². The minimum Gasteiger partial charge on any atom is -0.467 e. The largest absolute Gasteiger partial charge is 0.467 e. The monoisotopic (exact) mass is 265 g/mol. The van der Waals surface area contributed by atoms with Crippen LogP contribution in [0.15, 0.2) is 22.8 Å². The van der Waals surface area contributed by atoms with Crippen LogP contribution in [-0.4, -0.2) is 28.6 Å². The lowest BCUT2D eigenvalue weighted by atomic mass is 10.1. The van der Waals surface area contributed by atoms with E-state index in [-0.39, 0.29) is 12.5 Å². The average Bonchev–Trinajstić information content (AvgIpc) is 3.09. The lowest BCUT2D eigenvalue weighted by Gasteiger charge is -2.28. The fourth-order valence-electron chi connectivity index (χ4n) is 2.74. The second-order valence-electron chi connectivity index (χ2n) is 5.22. The first-order valence-corrected chi connectivity index (χ1v) is 7.24. The predicted molar refractivity (Wildman–Crippen MR) is 72.5 cm³/mol. The third-order valence-corrected chi connectivity index (χ3v) is 3.79. The van der Waals surface area contributed by atoms with Crippen molar-refractivity contribution in [1.29, 1.82) is 0 Å². The molecule has 19 heavy (non-hydrogen) atoms. The molecule has 0 aliphatic heterocycles. The first kappa shape index (κ1) is 14.1. The molecule has 1 heterocycles. The third kappa shape index (κ3) is 4.10. The predicted octanol–water partition coefficient (Wildman–Crippen LogP) is 2.71. The number of rotatable bonds is 7. The van der Waals surface area contributed by atoms with Gasteiger partial charge in [0.2, 0.25) is 5.91 Å². The zero-order chi connectivity index (χ0) is 13.5. The molecule has 0 bridgehead atoms. The first-order chi connectivity index (χ1) is 9.31. The molecule has 0 aromatic carbocycles. The summed E-state index contributed by atoms with van der Waals surface area (Å²) in [4.78, 5) is 14.3. The molecule has 1 aromatic heterocycles. The summed E-state index contributed by atoms with van der Waals surface area (Å²) in [5.41, 5.74) is 0. The Balaban J connectivity index is 1.94. The first-order valence-electron chi connectivity index (χ1n) is 7.24. The summed E-state index contributed by atoms with van der Waals surface area (Å²) >= 11 is 0. The van der Waals surface area contributed by atoms with Gasteiger partial charge in [0.05, 0.1) is 12.8 Å². The van der Waals surface area contributed by atoms with Crippen molar-refractivity contribution in [2.75, 3.05) is 6.61 Å². The number of carbonyl (C=O) groups excluding carboxylic acids is 1. The van der Waals surface area contributed by atoms with Crippen molar-refractivity contribution in [3.63, 3.8) is 0 Å². The van der Waals surface area contributed by atoms with Crippen LogP contribution in [0.5, 0.6) is 0 Å². The van der Waals surface area contributed by atoms with Crippen molar-refractivity contribution >= 4 is 5.91 Å². The SMILES string of the molecule is O=C(CCCCO)N(Cc1ccco1)C1CCCC1. The molecule has 1 aliphatic carbocycles. The summed E-state index contributed by atoms with van der Waals surface area (Å²) in [6.07, 6.45) is 8.27. The highest BCUT2D eigenvalue weighted by Gasteiger charge is 2.26. The Kier molecular flexibility index (Phi) is 5.45. The smallest absolute Gasteiger partial charge is 0.223 e. The van der Waals surface area contributed by atoms with E-state index in [0.717, 1.165) is 25.0 Å². The van der Waals surface area contributed by atoms with Crippen LogP contribution < -0.4 is 0 Å². The standard InChI is InChI=1S/C15H23NO3/c17-10-4-3-9-15(18)16(13-6-1-2-7-13)12-14-8-5-11-19-14/h5,8,11,13,17H,1-4,6-7,9-10,12H2. The number of unbranched alkanes of at least 4 members (excludes halogenated alkanes) is 1. The van der Waals surface area contributed by atoms with Gasteiger partial charge in [-0.2, -0.15) is 0 Å². The van der Waals surface area contributed by atoms with Gasteiger partial charge in [-0.1, -0.05) is 12.8 Å². The van der Waals surface area contributed by atoms with Gasteiger partial charge in [0.15, 0.2) is 0 Å². The van der Waals surface area contributed by atoms with Gasteiger partial charge in [0.1, 0.15) is 5.76 Å². The summed E-state index contributed by atoms with van der Waals surface area (Å²) in [5.74, 6) is 1.04. The molecule has 1 aromatic rings. The van der Waals surface area contributed by atoms with E-state index < -0.39 is 0 Å². The van der Waals surface area contributed by atoms with E-state index >= 15 is 0 Å². The maximum Gasteiger partial charge on any atom is 0.223 e. The Bertz CT molecular complexity index is 369. The molecule has 4 nitrogen and oxygen atoms in total. The van der Waals surface area contributed by atoms with Gasteiger partial charge in [-0.05, 0) is 37.8 Å². The van der Waals surface area contributed by atoms with E-state index in [4.69, 9.17) is 9.52 Å². The van der Waals surface area contributed by atoms with Crippen LogP contribution >= 0.6 is 0 Å². The van der Waals surface area contributed by atoms with Gasteiger partial charge in [0, 0.05) is 19.1 Å². The molecule has 1 fully saturated rings. The van der Waals surface area contributed by atoms with Crippen LogP contribution in [0.3, 0.4) is 0 Å². The number of aliphatic hydroxyl groups is 1. The Hall–Kier alpha value is -1.29. The molecule has 0 spiro atoms. The van der Waals surface area contributed by atoms with E-state index in [1.165, 1.54) is 12.8 Å². The Morgan fingerprint density at radius 3 is 2.79 bits per heavy atom. The quantitative estimate of drug-likeness (QED) is 0.771. The van der Waals surface area contributed by atoms with Crippen LogP contribution in [0.25, 0.3) is 0 Å². The molecule has 2 rings (SSSR count). The number of hydrogen-bond donors (Lipinski definition) is 1. The van der Waals surface area contributed by atoms with E-state index in [1.807, 2.05) is 17.0 Å². The van der Waals surface area contributed by atoms with Crippen molar-refractivity contribution in [1.82, 2.24) is 4.90 Å². The molecule has 1 aliphatic rings. The van der Waals surface area contributed by atoms with Crippen molar-refractivity contribution in [3.8, 4) is 0 Å². The van der Waals surface area contributed by atoms with Crippen LogP contribution in [0.2, 0.25) is 0 Å². The molecule has 1 saturated carbocycles. The minimum atomic E-state index is 0.162. The second kappa shape index (κ2) is 7.34. The zero-order valence-electron chi connectivity index (χ0n) is 11.4. The summed E-state index contributed by atoms with van der Waals surface area (Å²) < 4.78 is 5.37. The Labute approximate surface area is 114 Å². The molecule has 106 valence electrons. The van der Waals surface area contributed by atoms with E-state index in [2.05, 4.69) is 0 Å². The maximum absolute atomic E-state index is 12.3. The normalized spacial score (nSPS) is 15.8. The van der Waals surface area contributed by atoms with Crippen LogP contribution in [0.4, 0.5) is 0 Å². The Morgan fingerprint density at radius 2 is 2.16 bits per heavy atom. The molecule has 1 N–H and O–H groups in total. The second-order valence-corrected chi connectivity index (χ2v) is 5.22. The molecule has 0 radical (unpaired) electrons. The van der Waals surface area contributed by atoms with Crippen molar-refractivity contribution in [3.05, 3.63) is 24.2 Å². The summed E-state index contributed by atoms with van der Waals surface area (Å²) in [5, 5.41) is 8.80. The van der Waals surface area contributed by atoms with Crippen molar-refractivity contribution < 1.29 is 14.3 Å². The lowest BCUT2D eigenvalue weighted by molar-refractivity contribution is -0.134. The molecule has 0 saturated heterocycles. The topological polar surface area (TPSA) is 53.7 Å². The summed E-state index contributed by atoms with van der Waals surface area (Å²) in [6.45, 7) is 0.741. The average molecular weight is 265 g/mol. The molecular formula is C15H23NO3. The van der Waals surface area contributed by atoms with Gasteiger partial charge in [-0.25, -0.2) is 0 Å². The molecular weight excluding hydrogens is 242 g/mol. The molecule has 0 unspecified atom stereocenters. The Morgan fingerprint density at radius 1 is 1.37 bits per heavy atom. The van der Waals surface area contributed by atoms with E-state index in [0.29, 0.717) is 25.4 Å². The highest BCUT2D eigenvalue weighted by Crippen LogP contribution is 2.26. The number of aliphatic hydroxyl groups excluding tert-OH is 1. The number of amides is 1. The molecule has 1 amide bonds. The number of furan rings is 1. The van der Waals surface area contributed by atoms with Crippen LogP contribution in [-0.2, 0) is 11.3 Å². The van der Waals surface area contributed by atoms with Crippen LogP contribution in [0.1, 0.15) is 50.7 Å². The maximum atomic E-state index is 12.3. The number of nitrogens with zero attached hydrogens (tertiary/aromatic N) is 1. The fourth-order valence-corrected chi connectivity index (χ4v) is 2.74. The number of hydrogen-bond acceptors (Lipinski definition) is 3. The van der Waals surface area contributed by atoms with Gasteiger partial charge in [-0.15, -0.1) is 0 Å². The highest BCUT2D eigenvalue weighted by molar-refractivity contribution is 5.76. The summed E-state index contributed by atoms with van der Waals surface area (Å²) in [7, 11) is 0. The van der Waals surface area contributed by atoms with E-state index in [1.54, 1.807) is 6.26 Å². The number of carbonyl (C=O) groups is 1. The summed E-state index contributed by atoms with van der Waals surface area (Å²) in [6, 6.07) is 4.15. The van der Waals surface area contributed by atoms with Gasteiger partial charge in [-0.3, -0.25) is 4.79 Å². The third-order valence-electron chi connectivity index (χ3n) is 3.79. The highest BCUT2D eigenvalue weighted by atomic mass is 16.3. The van der Waals surface area contributed by atoms with Crippen molar-refractivity contribution in [2.45, 2.75) is 57.5 Å². The minimum absolute atomic E-state index is 0.162.